The van der Waals surface area contributed by atoms with Gasteiger partial charge < -0.3 is 10.1 Å². The van der Waals surface area contributed by atoms with Gasteiger partial charge in [-0.1, -0.05) is 0 Å². The van der Waals surface area contributed by atoms with Crippen LogP contribution in [0.3, 0.4) is 0 Å². The van der Waals surface area contributed by atoms with Crippen molar-refractivity contribution in [1.82, 2.24) is 5.32 Å². The van der Waals surface area contributed by atoms with Crippen LogP contribution >= 0.6 is 0 Å². The first kappa shape index (κ1) is 8.57. The van der Waals surface area contributed by atoms with Crippen molar-refractivity contribution < 1.29 is 9.53 Å². The number of alkyl carbamates (subject to hydrolysis) is 1. The lowest BCUT2D eigenvalue weighted by molar-refractivity contribution is -0.0506. The Labute approximate surface area is 84.2 Å². The average Bonchev–Trinajstić information content (AvgIpc) is 2.46. The quantitative estimate of drug-likeness (QED) is 0.733. The summed E-state index contributed by atoms with van der Waals surface area (Å²) in [6.07, 6.45) is 8.13. The molecule has 0 aliphatic heterocycles. The molecular weight excluding hydrogens is 178 g/mol. The third-order valence-corrected chi connectivity index (χ3v) is 3.98. The molecule has 2 bridgehead atoms. The van der Waals surface area contributed by atoms with Crippen LogP contribution in [0.4, 0.5) is 4.79 Å². The molecule has 0 aromatic heterocycles. The minimum Gasteiger partial charge on any atom is -0.446 e. The Hall–Kier alpha value is -0.730. The van der Waals surface area contributed by atoms with Gasteiger partial charge in [0.1, 0.15) is 6.10 Å². The highest BCUT2D eigenvalue weighted by molar-refractivity contribution is 5.69. The largest absolute Gasteiger partial charge is 0.446 e. The Balaban J connectivity index is 1.46. The lowest BCUT2D eigenvalue weighted by Crippen LogP contribution is -2.68. The Morgan fingerprint density at radius 2 is 1.86 bits per heavy atom. The van der Waals surface area contributed by atoms with Crippen molar-refractivity contribution in [3.8, 4) is 0 Å². The highest BCUT2D eigenvalue weighted by Gasteiger charge is 2.57. The summed E-state index contributed by atoms with van der Waals surface area (Å²) in [4.78, 5) is 11.5. The van der Waals surface area contributed by atoms with Gasteiger partial charge in [0.2, 0.25) is 0 Å². The summed E-state index contributed by atoms with van der Waals surface area (Å²) in [6.45, 7) is 0. The highest BCUT2D eigenvalue weighted by Crippen LogP contribution is 2.56. The molecule has 1 amide bonds. The zero-order chi connectivity index (χ0) is 9.60. The minimum atomic E-state index is -0.171. The fourth-order valence-electron chi connectivity index (χ4n) is 3.04. The van der Waals surface area contributed by atoms with E-state index in [-0.39, 0.29) is 17.7 Å². The van der Waals surface area contributed by atoms with Gasteiger partial charge in [0.15, 0.2) is 0 Å². The van der Waals surface area contributed by atoms with E-state index in [1.807, 2.05) is 0 Å². The van der Waals surface area contributed by atoms with Gasteiger partial charge in [-0.3, -0.25) is 0 Å². The van der Waals surface area contributed by atoms with Crippen LogP contribution < -0.4 is 5.32 Å². The van der Waals surface area contributed by atoms with E-state index < -0.39 is 0 Å². The van der Waals surface area contributed by atoms with Crippen LogP contribution in [0.2, 0.25) is 0 Å². The molecular formula is C11H17NO2. The lowest BCUT2D eigenvalue weighted by atomic mass is 9.50. The van der Waals surface area contributed by atoms with Crippen LogP contribution in [-0.4, -0.2) is 17.7 Å². The van der Waals surface area contributed by atoms with Gasteiger partial charge in [-0.2, -0.15) is 0 Å². The number of carbonyl (C=O) groups excluding carboxylic acids is 1. The van der Waals surface area contributed by atoms with Gasteiger partial charge in [-0.05, 0) is 50.9 Å². The van der Waals surface area contributed by atoms with Crippen LogP contribution in [0.25, 0.3) is 0 Å². The first-order valence-corrected chi connectivity index (χ1v) is 5.75. The summed E-state index contributed by atoms with van der Waals surface area (Å²) >= 11 is 0. The number of hydrogen-bond donors (Lipinski definition) is 1. The van der Waals surface area contributed by atoms with E-state index in [9.17, 15) is 4.79 Å². The molecule has 4 aliphatic carbocycles. The number of hydrogen-bond acceptors (Lipinski definition) is 2. The van der Waals surface area contributed by atoms with Crippen molar-refractivity contribution in [2.75, 3.05) is 0 Å². The van der Waals surface area contributed by atoms with Gasteiger partial charge in [0.25, 0.3) is 0 Å². The number of nitrogens with one attached hydrogen (secondary N) is 1. The van der Waals surface area contributed by atoms with Crippen molar-refractivity contribution in [3.05, 3.63) is 0 Å². The molecule has 4 rings (SSSR count). The molecule has 0 radical (unpaired) electrons. The molecule has 4 fully saturated rings. The summed E-state index contributed by atoms with van der Waals surface area (Å²) < 4.78 is 5.36. The summed E-state index contributed by atoms with van der Waals surface area (Å²) in [6, 6.07) is 0. The molecule has 0 aromatic carbocycles. The van der Waals surface area contributed by atoms with E-state index >= 15 is 0 Å². The molecule has 0 spiro atoms. The fourth-order valence-corrected chi connectivity index (χ4v) is 3.04. The maximum Gasteiger partial charge on any atom is 0.407 e. The van der Waals surface area contributed by atoms with Crippen molar-refractivity contribution in [1.29, 1.82) is 0 Å². The predicted octanol–water partition coefficient (Wildman–Crippen LogP) is 2.21. The topological polar surface area (TPSA) is 38.3 Å². The van der Waals surface area contributed by atoms with Crippen LogP contribution in [0.1, 0.15) is 44.9 Å². The predicted molar refractivity (Wildman–Crippen MR) is 51.9 cm³/mol. The Kier molecular flexibility index (Phi) is 1.76. The van der Waals surface area contributed by atoms with Gasteiger partial charge in [-0.15, -0.1) is 0 Å². The molecule has 3 heteroatoms. The molecule has 3 nitrogen and oxygen atoms in total. The second-order valence-electron chi connectivity index (χ2n) is 5.20. The van der Waals surface area contributed by atoms with E-state index in [2.05, 4.69) is 5.32 Å². The normalized spacial score (nSPS) is 39.9. The lowest BCUT2D eigenvalue weighted by Gasteiger charge is -2.61. The Bertz CT molecular complexity index is 241. The summed E-state index contributed by atoms with van der Waals surface area (Å²) in [5, 5.41) is 3.02. The summed E-state index contributed by atoms with van der Waals surface area (Å²) in [7, 11) is 0. The van der Waals surface area contributed by atoms with E-state index in [1.165, 1.54) is 32.1 Å². The maximum absolute atomic E-state index is 11.5. The fraction of sp³-hybridized carbons (Fsp3) is 0.909. The van der Waals surface area contributed by atoms with Crippen LogP contribution in [0.15, 0.2) is 0 Å². The minimum absolute atomic E-state index is 0.167. The van der Waals surface area contributed by atoms with Gasteiger partial charge in [0, 0.05) is 5.54 Å². The van der Waals surface area contributed by atoms with Crippen LogP contribution in [-0.2, 0) is 4.74 Å². The molecule has 1 N–H and O–H groups in total. The van der Waals surface area contributed by atoms with Gasteiger partial charge in [0.05, 0.1) is 0 Å². The zero-order valence-electron chi connectivity index (χ0n) is 8.42. The Morgan fingerprint density at radius 3 is 2.36 bits per heavy atom. The number of ether oxygens (including phenoxy) is 1. The third kappa shape index (κ3) is 1.30. The van der Waals surface area contributed by atoms with Crippen molar-refractivity contribution >= 4 is 6.09 Å². The molecule has 0 saturated heterocycles. The van der Waals surface area contributed by atoms with Crippen molar-refractivity contribution in [2.45, 2.75) is 56.6 Å². The molecule has 0 atom stereocenters. The molecule has 0 unspecified atom stereocenters. The number of rotatable bonds is 2. The van der Waals surface area contributed by atoms with Crippen LogP contribution in [0.5, 0.6) is 0 Å². The molecule has 0 heterocycles. The SMILES string of the molecule is O=C(NC12CC(C1)C2)OC1CCCC1. The van der Waals surface area contributed by atoms with Gasteiger partial charge >= 0.3 is 6.09 Å². The number of amides is 1. The van der Waals surface area contributed by atoms with E-state index in [4.69, 9.17) is 4.74 Å². The zero-order valence-corrected chi connectivity index (χ0v) is 8.42. The number of carbonyl (C=O) groups is 1. The second-order valence-corrected chi connectivity index (χ2v) is 5.20. The van der Waals surface area contributed by atoms with E-state index in [0.29, 0.717) is 0 Å². The second kappa shape index (κ2) is 2.88. The van der Waals surface area contributed by atoms with Gasteiger partial charge in [-0.25, -0.2) is 4.79 Å². The average molecular weight is 195 g/mol. The first-order valence-electron chi connectivity index (χ1n) is 5.75. The standard InChI is InChI=1S/C11H17NO2/c13-10(14-9-3-1-2-4-9)12-11-5-8(6-11)7-11/h8-9H,1-7H2,(H,12,13). The third-order valence-electron chi connectivity index (χ3n) is 3.98. The maximum atomic E-state index is 11.5. The van der Waals surface area contributed by atoms with Crippen molar-refractivity contribution in [2.24, 2.45) is 5.92 Å². The molecule has 4 saturated carbocycles. The van der Waals surface area contributed by atoms with Crippen LogP contribution in [0, 0.1) is 5.92 Å². The molecule has 78 valence electrons. The molecule has 0 aromatic rings. The molecule has 14 heavy (non-hydrogen) atoms. The smallest absolute Gasteiger partial charge is 0.407 e. The Morgan fingerprint density at radius 1 is 1.21 bits per heavy atom. The molecule has 4 aliphatic rings. The first-order chi connectivity index (χ1) is 6.76. The van der Waals surface area contributed by atoms with Crippen molar-refractivity contribution in [3.63, 3.8) is 0 Å². The van der Waals surface area contributed by atoms with E-state index in [1.54, 1.807) is 0 Å². The summed E-state index contributed by atoms with van der Waals surface area (Å²) in [5.41, 5.74) is 0.167. The monoisotopic (exact) mass is 195 g/mol. The summed E-state index contributed by atoms with van der Waals surface area (Å²) in [5.74, 6) is 0.904. The van der Waals surface area contributed by atoms with E-state index in [0.717, 1.165) is 18.8 Å². The highest BCUT2D eigenvalue weighted by atomic mass is 16.6.